The van der Waals surface area contributed by atoms with Crippen molar-refractivity contribution >= 4 is 23.1 Å². The number of hydrogen-bond acceptors (Lipinski definition) is 1. The molecule has 0 unspecified atom stereocenters. The number of halogens is 1. The zero-order valence-corrected chi connectivity index (χ0v) is 10.9. The highest BCUT2D eigenvalue weighted by Crippen LogP contribution is 2.25. The van der Waals surface area contributed by atoms with Gasteiger partial charge in [-0.25, -0.2) is 0 Å². The summed E-state index contributed by atoms with van der Waals surface area (Å²) in [4.78, 5) is 10.5. The van der Waals surface area contributed by atoms with Crippen molar-refractivity contribution < 1.29 is 9.90 Å². The standard InChI is InChI=1S/C14H17ClO2/c1-10(2)13(4-3-5-14(16)17)11-6-8-12(15)9-7-11/h4,6-10H,3,5H2,1-2H3,(H,16,17)/b13-4+. The van der Waals surface area contributed by atoms with Crippen molar-refractivity contribution in [3.8, 4) is 0 Å². The highest BCUT2D eigenvalue weighted by Gasteiger charge is 2.06. The minimum Gasteiger partial charge on any atom is -0.481 e. The molecule has 0 saturated carbocycles. The number of carbonyl (C=O) groups is 1. The molecule has 92 valence electrons. The Morgan fingerprint density at radius 1 is 1.35 bits per heavy atom. The molecule has 0 radical (unpaired) electrons. The Balaban J connectivity index is 2.85. The van der Waals surface area contributed by atoms with Gasteiger partial charge < -0.3 is 5.11 Å². The zero-order valence-electron chi connectivity index (χ0n) is 10.1. The van der Waals surface area contributed by atoms with Crippen LogP contribution in [0.4, 0.5) is 0 Å². The quantitative estimate of drug-likeness (QED) is 0.851. The molecule has 2 nitrogen and oxygen atoms in total. The van der Waals surface area contributed by atoms with Gasteiger partial charge in [0.25, 0.3) is 0 Å². The molecule has 0 heterocycles. The Morgan fingerprint density at radius 2 is 1.94 bits per heavy atom. The maximum Gasteiger partial charge on any atom is 0.303 e. The van der Waals surface area contributed by atoms with Gasteiger partial charge in [-0.2, -0.15) is 0 Å². The smallest absolute Gasteiger partial charge is 0.303 e. The van der Waals surface area contributed by atoms with Crippen molar-refractivity contribution in [3.05, 3.63) is 40.9 Å². The normalized spacial score (nSPS) is 11.9. The van der Waals surface area contributed by atoms with Gasteiger partial charge >= 0.3 is 5.97 Å². The molecule has 0 atom stereocenters. The number of aliphatic carboxylic acids is 1. The summed E-state index contributed by atoms with van der Waals surface area (Å²) in [6.07, 6.45) is 2.73. The maximum absolute atomic E-state index is 10.5. The second kappa shape index (κ2) is 6.45. The van der Waals surface area contributed by atoms with Crippen molar-refractivity contribution in [2.45, 2.75) is 26.7 Å². The first-order valence-corrected chi connectivity index (χ1v) is 6.06. The highest BCUT2D eigenvalue weighted by molar-refractivity contribution is 6.30. The van der Waals surface area contributed by atoms with E-state index in [4.69, 9.17) is 16.7 Å². The van der Waals surface area contributed by atoms with E-state index in [9.17, 15) is 4.79 Å². The van der Waals surface area contributed by atoms with E-state index in [0.29, 0.717) is 17.4 Å². The summed E-state index contributed by atoms with van der Waals surface area (Å²) in [5, 5.41) is 9.34. The van der Waals surface area contributed by atoms with E-state index in [1.807, 2.05) is 30.3 Å². The van der Waals surface area contributed by atoms with E-state index in [-0.39, 0.29) is 6.42 Å². The molecule has 3 heteroatoms. The van der Waals surface area contributed by atoms with Gasteiger partial charge in [0.1, 0.15) is 0 Å². The van der Waals surface area contributed by atoms with Crippen LogP contribution in [0.2, 0.25) is 5.02 Å². The van der Waals surface area contributed by atoms with Crippen molar-refractivity contribution in [1.82, 2.24) is 0 Å². The summed E-state index contributed by atoms with van der Waals surface area (Å²) in [6, 6.07) is 7.64. The van der Waals surface area contributed by atoms with E-state index < -0.39 is 5.97 Å². The number of carboxylic acids is 1. The van der Waals surface area contributed by atoms with Gasteiger partial charge in [-0.3, -0.25) is 4.79 Å². The minimum atomic E-state index is -0.763. The van der Waals surface area contributed by atoms with Crippen molar-refractivity contribution in [2.75, 3.05) is 0 Å². The maximum atomic E-state index is 10.5. The summed E-state index contributed by atoms with van der Waals surface area (Å²) in [5.74, 6) is -0.398. The summed E-state index contributed by atoms with van der Waals surface area (Å²) in [5.41, 5.74) is 2.28. The van der Waals surface area contributed by atoms with Crippen LogP contribution in [0.15, 0.2) is 30.3 Å². The van der Waals surface area contributed by atoms with Gasteiger partial charge in [-0.05, 0) is 35.6 Å². The van der Waals surface area contributed by atoms with E-state index in [2.05, 4.69) is 13.8 Å². The van der Waals surface area contributed by atoms with Crippen LogP contribution in [0, 0.1) is 5.92 Å². The summed E-state index contributed by atoms with van der Waals surface area (Å²) >= 11 is 5.84. The average Bonchev–Trinajstić information content (AvgIpc) is 2.25. The lowest BCUT2D eigenvalue weighted by Gasteiger charge is -2.12. The van der Waals surface area contributed by atoms with Crippen LogP contribution in [0.25, 0.3) is 5.57 Å². The van der Waals surface area contributed by atoms with Crippen molar-refractivity contribution in [2.24, 2.45) is 5.92 Å². The number of benzene rings is 1. The molecule has 0 aliphatic heterocycles. The highest BCUT2D eigenvalue weighted by atomic mass is 35.5. The first kappa shape index (κ1) is 13.8. The van der Waals surface area contributed by atoms with Crippen LogP contribution in [-0.2, 0) is 4.79 Å². The molecule has 0 amide bonds. The minimum absolute atomic E-state index is 0.170. The van der Waals surface area contributed by atoms with Crippen LogP contribution in [0.3, 0.4) is 0 Å². The summed E-state index contributed by atoms with van der Waals surface area (Å²) < 4.78 is 0. The Morgan fingerprint density at radius 3 is 2.41 bits per heavy atom. The summed E-state index contributed by atoms with van der Waals surface area (Å²) in [6.45, 7) is 4.20. The van der Waals surface area contributed by atoms with Gasteiger partial charge in [-0.1, -0.05) is 43.7 Å². The molecule has 0 fully saturated rings. The van der Waals surface area contributed by atoms with E-state index >= 15 is 0 Å². The fourth-order valence-electron chi connectivity index (χ4n) is 1.68. The molecule has 0 aliphatic rings. The molecule has 17 heavy (non-hydrogen) atoms. The lowest BCUT2D eigenvalue weighted by Crippen LogP contribution is -1.96. The van der Waals surface area contributed by atoms with Crippen molar-refractivity contribution in [1.29, 1.82) is 0 Å². The molecule has 1 aromatic rings. The molecule has 0 spiro atoms. The zero-order chi connectivity index (χ0) is 12.8. The molecule has 0 aliphatic carbocycles. The third-order valence-corrected chi connectivity index (χ3v) is 2.77. The number of allylic oxidation sites excluding steroid dienone is 2. The van der Waals surface area contributed by atoms with E-state index in [0.717, 1.165) is 5.56 Å². The number of rotatable bonds is 5. The molecule has 0 aromatic heterocycles. The van der Waals surface area contributed by atoms with Crippen LogP contribution in [-0.4, -0.2) is 11.1 Å². The molecule has 0 bridgehead atoms. The molecular formula is C14H17ClO2. The largest absolute Gasteiger partial charge is 0.481 e. The molecule has 1 aromatic carbocycles. The number of carboxylic acid groups (broad SMARTS) is 1. The Bertz CT molecular complexity index is 405. The second-order valence-electron chi connectivity index (χ2n) is 4.25. The second-order valence-corrected chi connectivity index (χ2v) is 4.69. The van der Waals surface area contributed by atoms with E-state index in [1.165, 1.54) is 5.57 Å². The number of hydrogen-bond donors (Lipinski definition) is 1. The predicted octanol–water partition coefficient (Wildman–Crippen LogP) is 4.24. The monoisotopic (exact) mass is 252 g/mol. The fraction of sp³-hybridized carbons (Fsp3) is 0.357. The third kappa shape index (κ3) is 4.61. The lowest BCUT2D eigenvalue weighted by molar-refractivity contribution is -0.136. The van der Waals surface area contributed by atoms with Crippen LogP contribution < -0.4 is 0 Å². The van der Waals surface area contributed by atoms with Crippen LogP contribution in [0.1, 0.15) is 32.3 Å². The van der Waals surface area contributed by atoms with Gasteiger partial charge in [-0.15, -0.1) is 0 Å². The first-order valence-electron chi connectivity index (χ1n) is 5.68. The van der Waals surface area contributed by atoms with E-state index in [1.54, 1.807) is 0 Å². The van der Waals surface area contributed by atoms with Crippen molar-refractivity contribution in [3.63, 3.8) is 0 Å². The lowest BCUT2D eigenvalue weighted by atomic mass is 9.94. The fourth-order valence-corrected chi connectivity index (χ4v) is 1.81. The molecular weight excluding hydrogens is 236 g/mol. The van der Waals surface area contributed by atoms with Crippen LogP contribution >= 0.6 is 11.6 Å². The van der Waals surface area contributed by atoms with Gasteiger partial charge in [0.15, 0.2) is 0 Å². The van der Waals surface area contributed by atoms with Gasteiger partial charge in [0.05, 0.1) is 0 Å². The summed E-state index contributed by atoms with van der Waals surface area (Å²) in [7, 11) is 0. The van der Waals surface area contributed by atoms with Crippen LogP contribution in [0.5, 0.6) is 0 Å². The average molecular weight is 253 g/mol. The SMILES string of the molecule is CC(C)/C(=C\CCC(=O)O)c1ccc(Cl)cc1. The Kier molecular flexibility index (Phi) is 5.23. The third-order valence-electron chi connectivity index (χ3n) is 2.52. The van der Waals surface area contributed by atoms with Gasteiger partial charge in [0, 0.05) is 11.4 Å². The Labute approximate surface area is 107 Å². The first-order chi connectivity index (χ1) is 8.00. The molecule has 1 rings (SSSR count). The molecule has 1 N–H and O–H groups in total. The Hall–Kier alpha value is -1.28. The molecule has 0 saturated heterocycles. The predicted molar refractivity (Wildman–Crippen MR) is 71.1 cm³/mol. The van der Waals surface area contributed by atoms with Gasteiger partial charge in [0.2, 0.25) is 0 Å². The topological polar surface area (TPSA) is 37.3 Å².